The molecule has 7 heteroatoms. The minimum absolute atomic E-state index is 0.0173. The summed E-state index contributed by atoms with van der Waals surface area (Å²) >= 11 is 7.15. The number of thioether (sulfide) groups is 1. The van der Waals surface area contributed by atoms with Gasteiger partial charge in [-0.15, -0.1) is 11.8 Å². The number of urea groups is 1. The molecule has 0 unspecified atom stereocenters. The van der Waals surface area contributed by atoms with E-state index in [4.69, 9.17) is 17.3 Å². The van der Waals surface area contributed by atoms with Crippen LogP contribution in [0.3, 0.4) is 0 Å². The number of nitrogen functional groups attached to an aromatic ring is 1. The number of anilines is 1. The molecule has 0 aliphatic carbocycles. The van der Waals surface area contributed by atoms with Crippen LogP contribution in [0.2, 0.25) is 5.02 Å². The first-order chi connectivity index (χ1) is 8.88. The van der Waals surface area contributed by atoms with E-state index in [9.17, 15) is 9.59 Å². The van der Waals surface area contributed by atoms with Gasteiger partial charge in [0.25, 0.3) is 0 Å². The van der Waals surface area contributed by atoms with Crippen molar-refractivity contribution in [3.8, 4) is 0 Å². The number of carbonyl (C=O) groups excluding carboxylic acids is 2. The largest absolute Gasteiger partial charge is 0.398 e. The Labute approximate surface area is 121 Å². The Morgan fingerprint density at radius 3 is 2.68 bits per heavy atom. The minimum atomic E-state index is -0.490. The van der Waals surface area contributed by atoms with E-state index in [0.717, 1.165) is 4.90 Å². The van der Waals surface area contributed by atoms with E-state index in [1.165, 1.54) is 11.8 Å². The van der Waals surface area contributed by atoms with E-state index >= 15 is 0 Å². The first-order valence-corrected chi connectivity index (χ1v) is 7.03. The third kappa shape index (κ3) is 5.85. The maximum absolute atomic E-state index is 11.5. The topological polar surface area (TPSA) is 84.2 Å². The molecule has 0 radical (unpaired) electrons. The Hall–Kier alpha value is -1.40. The summed E-state index contributed by atoms with van der Waals surface area (Å²) in [4.78, 5) is 23.6. The molecule has 19 heavy (non-hydrogen) atoms. The maximum Gasteiger partial charge on any atom is 0.321 e. The molecule has 4 N–H and O–H groups in total. The van der Waals surface area contributed by atoms with Crippen LogP contribution < -0.4 is 16.4 Å². The molecule has 5 nitrogen and oxygen atoms in total. The molecular weight excluding hydrogens is 286 g/mol. The molecule has 0 aliphatic heterocycles. The fourth-order valence-corrected chi connectivity index (χ4v) is 2.19. The van der Waals surface area contributed by atoms with Gasteiger partial charge in [0.05, 0.1) is 16.5 Å². The number of hydrogen-bond donors (Lipinski definition) is 3. The number of halogens is 1. The van der Waals surface area contributed by atoms with Crippen LogP contribution in [0.1, 0.15) is 13.8 Å². The first kappa shape index (κ1) is 15.7. The SMILES string of the molecule is CC(C)NC(=O)NC(=O)CSc1ccc(N)c(Cl)c1. The molecule has 0 spiro atoms. The van der Waals surface area contributed by atoms with Crippen LogP contribution in [0.15, 0.2) is 23.1 Å². The van der Waals surface area contributed by atoms with Gasteiger partial charge in [-0.2, -0.15) is 0 Å². The lowest BCUT2D eigenvalue weighted by molar-refractivity contribution is -0.117. The molecule has 0 saturated carbocycles. The molecule has 0 atom stereocenters. The van der Waals surface area contributed by atoms with Crippen LogP contribution >= 0.6 is 23.4 Å². The lowest BCUT2D eigenvalue weighted by atomic mass is 10.3. The smallest absolute Gasteiger partial charge is 0.321 e. The van der Waals surface area contributed by atoms with Crippen molar-refractivity contribution in [3.05, 3.63) is 23.2 Å². The fourth-order valence-electron chi connectivity index (χ4n) is 1.21. The van der Waals surface area contributed by atoms with Crippen molar-refractivity contribution in [2.45, 2.75) is 24.8 Å². The molecule has 0 fully saturated rings. The average molecular weight is 302 g/mol. The van der Waals surface area contributed by atoms with Gasteiger partial charge in [0.15, 0.2) is 0 Å². The standard InChI is InChI=1S/C12H16ClN3O2S/c1-7(2)15-12(18)16-11(17)6-19-8-3-4-10(14)9(13)5-8/h3-5,7H,6,14H2,1-2H3,(H2,15,16,17,18). The zero-order valence-corrected chi connectivity index (χ0v) is 12.3. The van der Waals surface area contributed by atoms with Crippen molar-refractivity contribution in [1.82, 2.24) is 10.6 Å². The van der Waals surface area contributed by atoms with Gasteiger partial charge < -0.3 is 11.1 Å². The van der Waals surface area contributed by atoms with E-state index in [-0.39, 0.29) is 17.7 Å². The van der Waals surface area contributed by atoms with Gasteiger partial charge in [0.1, 0.15) is 0 Å². The van der Waals surface area contributed by atoms with Crippen molar-refractivity contribution in [1.29, 1.82) is 0 Å². The second kappa shape index (κ2) is 7.25. The predicted octanol–water partition coefficient (Wildman–Crippen LogP) is 2.25. The summed E-state index contributed by atoms with van der Waals surface area (Å²) in [5.74, 6) is -0.234. The summed E-state index contributed by atoms with van der Waals surface area (Å²) in [6.45, 7) is 3.63. The molecule has 0 aliphatic rings. The number of amides is 3. The van der Waals surface area contributed by atoms with Crippen LogP contribution in [0, 0.1) is 0 Å². The summed E-state index contributed by atoms with van der Waals surface area (Å²) in [5.41, 5.74) is 6.08. The number of hydrogen-bond acceptors (Lipinski definition) is 4. The second-order valence-corrected chi connectivity index (χ2v) is 5.60. The monoisotopic (exact) mass is 301 g/mol. The van der Waals surface area contributed by atoms with Crippen molar-refractivity contribution in [2.75, 3.05) is 11.5 Å². The Morgan fingerprint density at radius 2 is 2.11 bits per heavy atom. The zero-order chi connectivity index (χ0) is 14.4. The maximum atomic E-state index is 11.5. The van der Waals surface area contributed by atoms with Gasteiger partial charge in [-0.25, -0.2) is 4.79 Å². The molecule has 0 heterocycles. The second-order valence-electron chi connectivity index (χ2n) is 4.15. The number of carbonyl (C=O) groups is 2. The Morgan fingerprint density at radius 1 is 1.42 bits per heavy atom. The zero-order valence-electron chi connectivity index (χ0n) is 10.7. The van der Waals surface area contributed by atoms with E-state index in [1.807, 2.05) is 13.8 Å². The Balaban J connectivity index is 2.41. The lowest BCUT2D eigenvalue weighted by Crippen LogP contribution is -2.43. The third-order valence-corrected chi connectivity index (χ3v) is 3.34. The summed E-state index contributed by atoms with van der Waals surface area (Å²) < 4.78 is 0. The number of nitrogens with one attached hydrogen (secondary N) is 2. The summed E-state index contributed by atoms with van der Waals surface area (Å²) in [6, 6.07) is 4.62. The van der Waals surface area contributed by atoms with Crippen LogP contribution in [0.25, 0.3) is 0 Å². The number of rotatable bonds is 4. The molecular formula is C12H16ClN3O2S. The number of benzene rings is 1. The number of imide groups is 1. The first-order valence-electron chi connectivity index (χ1n) is 5.66. The molecule has 3 amide bonds. The molecule has 1 aromatic carbocycles. The highest BCUT2D eigenvalue weighted by atomic mass is 35.5. The normalized spacial score (nSPS) is 10.3. The number of nitrogens with two attached hydrogens (primary N) is 1. The van der Waals surface area contributed by atoms with Crippen molar-refractivity contribution in [3.63, 3.8) is 0 Å². The van der Waals surface area contributed by atoms with E-state index in [2.05, 4.69) is 10.6 Å². The van der Waals surface area contributed by atoms with Gasteiger partial charge >= 0.3 is 6.03 Å². The molecule has 0 aromatic heterocycles. The Bertz CT molecular complexity index is 480. The average Bonchev–Trinajstić information content (AvgIpc) is 2.29. The van der Waals surface area contributed by atoms with Crippen molar-refractivity contribution >= 4 is 41.0 Å². The quantitative estimate of drug-likeness (QED) is 0.588. The van der Waals surface area contributed by atoms with Crippen molar-refractivity contribution < 1.29 is 9.59 Å². The van der Waals surface area contributed by atoms with Crippen LogP contribution in [-0.4, -0.2) is 23.7 Å². The Kier molecular flexibility index (Phi) is 5.98. The van der Waals surface area contributed by atoms with E-state index in [1.54, 1.807) is 18.2 Å². The predicted molar refractivity (Wildman–Crippen MR) is 78.4 cm³/mol. The van der Waals surface area contributed by atoms with E-state index < -0.39 is 6.03 Å². The van der Waals surface area contributed by atoms with Gasteiger partial charge in [-0.1, -0.05) is 11.6 Å². The molecule has 104 valence electrons. The molecule has 0 saturated heterocycles. The summed E-state index contributed by atoms with van der Waals surface area (Å²) in [5, 5.41) is 5.26. The molecule has 1 aromatic rings. The minimum Gasteiger partial charge on any atom is -0.398 e. The highest BCUT2D eigenvalue weighted by molar-refractivity contribution is 8.00. The highest BCUT2D eigenvalue weighted by Crippen LogP contribution is 2.26. The van der Waals surface area contributed by atoms with Crippen LogP contribution in [-0.2, 0) is 4.79 Å². The molecule has 1 rings (SSSR count). The van der Waals surface area contributed by atoms with E-state index in [0.29, 0.717) is 10.7 Å². The van der Waals surface area contributed by atoms with Gasteiger partial charge in [0.2, 0.25) is 5.91 Å². The fraction of sp³-hybridized carbons (Fsp3) is 0.333. The third-order valence-electron chi connectivity index (χ3n) is 2.01. The van der Waals surface area contributed by atoms with Crippen LogP contribution in [0.4, 0.5) is 10.5 Å². The highest BCUT2D eigenvalue weighted by Gasteiger charge is 2.09. The van der Waals surface area contributed by atoms with Gasteiger partial charge in [-0.3, -0.25) is 10.1 Å². The summed E-state index contributed by atoms with van der Waals surface area (Å²) in [7, 11) is 0. The molecule has 0 bridgehead atoms. The van der Waals surface area contributed by atoms with Crippen LogP contribution in [0.5, 0.6) is 0 Å². The van der Waals surface area contributed by atoms with Crippen molar-refractivity contribution in [2.24, 2.45) is 0 Å². The lowest BCUT2D eigenvalue weighted by Gasteiger charge is -2.09. The summed E-state index contributed by atoms with van der Waals surface area (Å²) in [6.07, 6.45) is 0. The van der Waals surface area contributed by atoms with Gasteiger partial charge in [-0.05, 0) is 32.0 Å². The van der Waals surface area contributed by atoms with Gasteiger partial charge in [0, 0.05) is 10.9 Å².